The maximum Gasteiger partial charge on any atom is 0.416 e. The number of amides is 1. The lowest BCUT2D eigenvalue weighted by molar-refractivity contribution is -0.137. The standard InChI is InChI=1S/C18H17F3N2O3S/c19-18(20,21)14-5-3-6-15(12-14)22-17(24)9-11-27(25,26)23-10-8-13-4-1-2-7-16(13)23/h1-7,12H,8-11H2,(H,22,24). The van der Waals surface area contributed by atoms with Crippen LogP contribution in [0.2, 0.25) is 0 Å². The molecule has 5 nitrogen and oxygen atoms in total. The molecule has 144 valence electrons. The molecule has 1 heterocycles. The van der Waals surface area contributed by atoms with Crippen molar-refractivity contribution in [3.8, 4) is 0 Å². The van der Waals surface area contributed by atoms with E-state index in [1.165, 1.54) is 16.4 Å². The molecule has 27 heavy (non-hydrogen) atoms. The zero-order chi connectivity index (χ0) is 19.7. The summed E-state index contributed by atoms with van der Waals surface area (Å²) in [4.78, 5) is 12.0. The molecular formula is C18H17F3N2O3S. The quantitative estimate of drug-likeness (QED) is 0.839. The van der Waals surface area contributed by atoms with Crippen molar-refractivity contribution < 1.29 is 26.4 Å². The summed E-state index contributed by atoms with van der Waals surface area (Å²) >= 11 is 0. The van der Waals surface area contributed by atoms with Gasteiger partial charge in [0.1, 0.15) is 0 Å². The van der Waals surface area contributed by atoms with Gasteiger partial charge in [-0.15, -0.1) is 0 Å². The lowest BCUT2D eigenvalue weighted by atomic mass is 10.2. The van der Waals surface area contributed by atoms with Crippen molar-refractivity contribution in [1.82, 2.24) is 0 Å². The smallest absolute Gasteiger partial charge is 0.326 e. The van der Waals surface area contributed by atoms with Crippen LogP contribution < -0.4 is 9.62 Å². The van der Waals surface area contributed by atoms with Gasteiger partial charge in [0, 0.05) is 18.7 Å². The predicted molar refractivity (Wildman–Crippen MR) is 96.0 cm³/mol. The summed E-state index contributed by atoms with van der Waals surface area (Å²) in [5.41, 5.74) is 0.616. The summed E-state index contributed by atoms with van der Waals surface area (Å²) in [6.07, 6.45) is -4.27. The van der Waals surface area contributed by atoms with Gasteiger partial charge in [0.25, 0.3) is 0 Å². The van der Waals surface area contributed by atoms with E-state index >= 15 is 0 Å². The van der Waals surface area contributed by atoms with Crippen LogP contribution in [-0.4, -0.2) is 26.6 Å². The number of alkyl halides is 3. The van der Waals surface area contributed by atoms with Crippen LogP contribution in [0, 0.1) is 0 Å². The molecule has 1 N–H and O–H groups in total. The first-order valence-corrected chi connectivity index (χ1v) is 9.83. The highest BCUT2D eigenvalue weighted by Crippen LogP contribution is 2.31. The van der Waals surface area contributed by atoms with Crippen LogP contribution in [0.1, 0.15) is 17.5 Å². The predicted octanol–water partition coefficient (Wildman–Crippen LogP) is 3.43. The molecule has 0 saturated carbocycles. The molecule has 1 amide bonds. The van der Waals surface area contributed by atoms with Crippen LogP contribution in [0.3, 0.4) is 0 Å². The summed E-state index contributed by atoms with van der Waals surface area (Å²) in [7, 11) is -3.70. The van der Waals surface area contributed by atoms with E-state index in [2.05, 4.69) is 5.32 Å². The van der Waals surface area contributed by atoms with E-state index in [4.69, 9.17) is 0 Å². The molecule has 3 rings (SSSR count). The zero-order valence-corrected chi connectivity index (χ0v) is 15.0. The van der Waals surface area contributed by atoms with Crippen molar-refractivity contribution in [3.63, 3.8) is 0 Å². The molecule has 0 atom stereocenters. The molecule has 0 unspecified atom stereocenters. The third-order valence-corrected chi connectivity index (χ3v) is 6.01. The van der Waals surface area contributed by atoms with E-state index < -0.39 is 33.4 Å². The number of rotatable bonds is 5. The summed E-state index contributed by atoms with van der Waals surface area (Å²) in [5, 5.41) is 2.31. The van der Waals surface area contributed by atoms with Crippen LogP contribution in [0.25, 0.3) is 0 Å². The minimum absolute atomic E-state index is 0.0289. The number of para-hydroxylation sites is 1. The van der Waals surface area contributed by atoms with E-state index in [1.807, 2.05) is 12.1 Å². The maximum atomic E-state index is 12.7. The van der Waals surface area contributed by atoms with Gasteiger partial charge in [0.2, 0.25) is 15.9 Å². The normalized spacial score (nSPS) is 14.1. The maximum absolute atomic E-state index is 12.7. The van der Waals surface area contributed by atoms with Crippen molar-refractivity contribution >= 4 is 27.3 Å². The highest BCUT2D eigenvalue weighted by molar-refractivity contribution is 7.92. The fraction of sp³-hybridized carbons (Fsp3) is 0.278. The van der Waals surface area contributed by atoms with E-state index in [9.17, 15) is 26.4 Å². The van der Waals surface area contributed by atoms with Crippen molar-refractivity contribution in [1.29, 1.82) is 0 Å². The van der Waals surface area contributed by atoms with Gasteiger partial charge in [0.05, 0.1) is 17.0 Å². The highest BCUT2D eigenvalue weighted by Gasteiger charge is 2.31. The average molecular weight is 398 g/mol. The third-order valence-electron chi connectivity index (χ3n) is 4.24. The zero-order valence-electron chi connectivity index (χ0n) is 14.2. The highest BCUT2D eigenvalue weighted by atomic mass is 32.2. The topological polar surface area (TPSA) is 66.5 Å². The first-order chi connectivity index (χ1) is 12.7. The summed E-state index contributed by atoms with van der Waals surface area (Å²) in [6, 6.07) is 11.3. The molecule has 0 aliphatic carbocycles. The van der Waals surface area contributed by atoms with Crippen molar-refractivity contribution in [3.05, 3.63) is 59.7 Å². The SMILES string of the molecule is O=C(CCS(=O)(=O)N1CCc2ccccc21)Nc1cccc(C(F)(F)F)c1. The molecular weight excluding hydrogens is 381 g/mol. The molecule has 0 saturated heterocycles. The largest absolute Gasteiger partial charge is 0.416 e. The number of nitrogens with zero attached hydrogens (tertiary/aromatic N) is 1. The fourth-order valence-corrected chi connectivity index (χ4v) is 4.44. The van der Waals surface area contributed by atoms with Gasteiger partial charge < -0.3 is 5.32 Å². The third kappa shape index (κ3) is 4.41. The second-order valence-electron chi connectivity index (χ2n) is 6.14. The van der Waals surface area contributed by atoms with Crippen LogP contribution in [0.15, 0.2) is 48.5 Å². The minimum Gasteiger partial charge on any atom is -0.326 e. The number of benzene rings is 2. The monoisotopic (exact) mass is 398 g/mol. The van der Waals surface area contributed by atoms with Gasteiger partial charge in [-0.1, -0.05) is 24.3 Å². The van der Waals surface area contributed by atoms with Crippen LogP contribution in [0.4, 0.5) is 24.5 Å². The number of hydrogen-bond acceptors (Lipinski definition) is 3. The summed E-state index contributed by atoms with van der Waals surface area (Å²) in [6.45, 7) is 0.316. The Labute approximate surface area is 154 Å². The van der Waals surface area contributed by atoms with Gasteiger partial charge in [-0.2, -0.15) is 13.2 Å². The van der Waals surface area contributed by atoms with Gasteiger partial charge >= 0.3 is 6.18 Å². The number of anilines is 2. The second-order valence-corrected chi connectivity index (χ2v) is 8.16. The molecule has 2 aromatic carbocycles. The Hall–Kier alpha value is -2.55. The first-order valence-electron chi connectivity index (χ1n) is 8.22. The van der Waals surface area contributed by atoms with Gasteiger partial charge in [-0.3, -0.25) is 9.10 Å². The summed E-state index contributed by atoms with van der Waals surface area (Å²) in [5.74, 6) is -1.09. The number of halogens is 3. The summed E-state index contributed by atoms with van der Waals surface area (Å²) < 4.78 is 64.5. The van der Waals surface area contributed by atoms with E-state index in [-0.39, 0.29) is 12.1 Å². The Morgan fingerprint density at radius 1 is 1.11 bits per heavy atom. The Balaban J connectivity index is 1.63. The lowest BCUT2D eigenvalue weighted by Gasteiger charge is -2.19. The van der Waals surface area contributed by atoms with Crippen LogP contribution >= 0.6 is 0 Å². The van der Waals surface area contributed by atoms with Gasteiger partial charge in [-0.05, 0) is 36.2 Å². The molecule has 2 aromatic rings. The van der Waals surface area contributed by atoms with Crippen molar-refractivity contribution in [2.45, 2.75) is 19.0 Å². The van der Waals surface area contributed by atoms with Crippen LogP contribution in [0.5, 0.6) is 0 Å². The number of carbonyl (C=O) groups excluding carboxylic acids is 1. The molecule has 0 spiro atoms. The second kappa shape index (κ2) is 7.22. The number of nitrogens with one attached hydrogen (secondary N) is 1. The Bertz CT molecular complexity index is 958. The van der Waals surface area contributed by atoms with Crippen LogP contribution in [-0.2, 0) is 27.4 Å². The average Bonchev–Trinajstić information content (AvgIpc) is 3.05. The molecule has 0 aromatic heterocycles. The Kier molecular flexibility index (Phi) is 5.14. The van der Waals surface area contributed by atoms with E-state index in [0.717, 1.165) is 17.7 Å². The molecule has 9 heteroatoms. The number of fused-ring (bicyclic) bond motifs is 1. The molecule has 0 radical (unpaired) electrons. The molecule has 1 aliphatic heterocycles. The Morgan fingerprint density at radius 2 is 1.85 bits per heavy atom. The Morgan fingerprint density at radius 3 is 2.59 bits per heavy atom. The molecule has 0 fully saturated rings. The van der Waals surface area contributed by atoms with Crippen molar-refractivity contribution in [2.75, 3.05) is 21.9 Å². The number of sulfonamides is 1. The van der Waals surface area contributed by atoms with Crippen molar-refractivity contribution in [2.24, 2.45) is 0 Å². The van der Waals surface area contributed by atoms with Gasteiger partial charge in [-0.25, -0.2) is 8.42 Å². The lowest BCUT2D eigenvalue weighted by Crippen LogP contribution is -2.32. The molecule has 1 aliphatic rings. The van der Waals surface area contributed by atoms with E-state index in [0.29, 0.717) is 18.7 Å². The fourth-order valence-electron chi connectivity index (χ4n) is 2.93. The minimum atomic E-state index is -4.52. The van der Waals surface area contributed by atoms with Gasteiger partial charge in [0.15, 0.2) is 0 Å². The number of carbonyl (C=O) groups is 1. The molecule has 0 bridgehead atoms. The van der Waals surface area contributed by atoms with E-state index in [1.54, 1.807) is 12.1 Å². The first kappa shape index (κ1) is 19.2. The number of hydrogen-bond donors (Lipinski definition) is 1.